The van der Waals surface area contributed by atoms with Crippen LogP contribution in [-0.2, 0) is 17.8 Å². The van der Waals surface area contributed by atoms with Gasteiger partial charge in [0.2, 0.25) is 5.91 Å². The maximum Gasteiger partial charge on any atom is 0.227 e. The summed E-state index contributed by atoms with van der Waals surface area (Å²) in [4.78, 5) is 16.8. The first-order valence-corrected chi connectivity index (χ1v) is 8.37. The van der Waals surface area contributed by atoms with E-state index in [1.807, 2.05) is 35.2 Å². The van der Waals surface area contributed by atoms with Gasteiger partial charge < -0.3 is 4.90 Å². The van der Waals surface area contributed by atoms with Gasteiger partial charge in [0.05, 0.1) is 6.42 Å². The minimum Gasteiger partial charge on any atom is -0.340 e. The lowest BCUT2D eigenvalue weighted by atomic mass is 10.1. The molecule has 1 aliphatic heterocycles. The Labute approximate surface area is 142 Å². The van der Waals surface area contributed by atoms with Crippen LogP contribution in [0.3, 0.4) is 0 Å². The van der Waals surface area contributed by atoms with Gasteiger partial charge in [0.1, 0.15) is 0 Å². The largest absolute Gasteiger partial charge is 0.340 e. The summed E-state index contributed by atoms with van der Waals surface area (Å²) in [7, 11) is 0. The van der Waals surface area contributed by atoms with Gasteiger partial charge in [0.15, 0.2) is 0 Å². The first-order chi connectivity index (χ1) is 11.2. The van der Waals surface area contributed by atoms with Crippen molar-refractivity contribution in [1.82, 2.24) is 9.80 Å². The zero-order valence-corrected chi connectivity index (χ0v) is 13.9. The summed E-state index contributed by atoms with van der Waals surface area (Å²) in [6.07, 6.45) is 0.430. The number of piperazine rings is 1. The van der Waals surface area contributed by atoms with Crippen LogP contribution in [-0.4, -0.2) is 41.9 Å². The van der Waals surface area contributed by atoms with Crippen LogP contribution in [0.2, 0.25) is 5.02 Å². The van der Waals surface area contributed by atoms with E-state index < -0.39 is 0 Å². The fraction of sp³-hybridized carbons (Fsp3) is 0.316. The highest BCUT2D eigenvalue weighted by Crippen LogP contribution is 2.13. The number of nitrogens with zero attached hydrogens (tertiary/aromatic N) is 2. The van der Waals surface area contributed by atoms with Gasteiger partial charge in [-0.05, 0) is 23.3 Å². The molecule has 1 fully saturated rings. The predicted octanol–water partition coefficient (Wildman–Crippen LogP) is 3.23. The number of carbonyl (C=O) groups excluding carboxylic acids is 1. The van der Waals surface area contributed by atoms with E-state index in [1.54, 1.807) is 0 Å². The van der Waals surface area contributed by atoms with Crippen LogP contribution in [0.15, 0.2) is 54.6 Å². The highest BCUT2D eigenvalue weighted by molar-refractivity contribution is 6.30. The van der Waals surface area contributed by atoms with Crippen LogP contribution in [0, 0.1) is 0 Å². The number of halogens is 1. The molecule has 0 N–H and O–H groups in total. The van der Waals surface area contributed by atoms with Gasteiger partial charge >= 0.3 is 0 Å². The summed E-state index contributed by atoms with van der Waals surface area (Å²) in [5, 5.41) is 0.683. The number of hydrogen-bond donors (Lipinski definition) is 0. The van der Waals surface area contributed by atoms with Crippen molar-refractivity contribution in [3.05, 3.63) is 70.7 Å². The van der Waals surface area contributed by atoms with Gasteiger partial charge in [-0.25, -0.2) is 0 Å². The Morgan fingerprint density at radius 2 is 1.61 bits per heavy atom. The topological polar surface area (TPSA) is 23.6 Å². The van der Waals surface area contributed by atoms with E-state index in [9.17, 15) is 4.79 Å². The number of amides is 1. The molecule has 3 rings (SSSR count). The molecule has 2 aromatic carbocycles. The lowest BCUT2D eigenvalue weighted by molar-refractivity contribution is -0.132. The SMILES string of the molecule is O=C(Cc1cccc(Cl)c1)N1CCN(Cc2ccccc2)CC1. The Balaban J connectivity index is 1.49. The highest BCUT2D eigenvalue weighted by atomic mass is 35.5. The summed E-state index contributed by atoms with van der Waals surface area (Å²) in [5.41, 5.74) is 2.31. The third-order valence-electron chi connectivity index (χ3n) is 4.22. The molecule has 0 unspecified atom stereocenters. The van der Waals surface area contributed by atoms with Crippen molar-refractivity contribution in [1.29, 1.82) is 0 Å². The van der Waals surface area contributed by atoms with Crippen LogP contribution in [0.4, 0.5) is 0 Å². The smallest absolute Gasteiger partial charge is 0.227 e. The first-order valence-electron chi connectivity index (χ1n) is 7.99. The molecule has 120 valence electrons. The van der Waals surface area contributed by atoms with Crippen molar-refractivity contribution in [3.8, 4) is 0 Å². The molecule has 1 heterocycles. The Morgan fingerprint density at radius 3 is 2.30 bits per heavy atom. The molecular formula is C19H21ClN2O. The second kappa shape index (κ2) is 7.62. The Bertz CT molecular complexity index is 651. The third-order valence-corrected chi connectivity index (χ3v) is 4.45. The lowest BCUT2D eigenvalue weighted by Gasteiger charge is -2.34. The number of rotatable bonds is 4. The van der Waals surface area contributed by atoms with Crippen molar-refractivity contribution < 1.29 is 4.79 Å². The van der Waals surface area contributed by atoms with Gasteiger partial charge in [-0.2, -0.15) is 0 Å². The summed E-state index contributed by atoms with van der Waals surface area (Å²) in [5.74, 6) is 0.187. The normalized spacial score (nSPS) is 15.6. The van der Waals surface area contributed by atoms with Gasteiger partial charge in [0, 0.05) is 37.7 Å². The van der Waals surface area contributed by atoms with E-state index in [2.05, 4.69) is 29.2 Å². The van der Waals surface area contributed by atoms with Crippen molar-refractivity contribution in [2.75, 3.05) is 26.2 Å². The number of carbonyl (C=O) groups is 1. The summed E-state index contributed by atoms with van der Waals surface area (Å²) >= 11 is 5.98. The lowest BCUT2D eigenvalue weighted by Crippen LogP contribution is -2.48. The van der Waals surface area contributed by atoms with Gasteiger partial charge in [-0.3, -0.25) is 9.69 Å². The van der Waals surface area contributed by atoms with Crippen LogP contribution in [0.1, 0.15) is 11.1 Å². The fourth-order valence-electron chi connectivity index (χ4n) is 2.93. The molecule has 2 aromatic rings. The van der Waals surface area contributed by atoms with E-state index >= 15 is 0 Å². The average molecular weight is 329 g/mol. The van der Waals surface area contributed by atoms with Gasteiger partial charge in [-0.15, -0.1) is 0 Å². The molecule has 0 spiro atoms. The van der Waals surface area contributed by atoms with E-state index in [4.69, 9.17) is 11.6 Å². The van der Waals surface area contributed by atoms with E-state index in [0.29, 0.717) is 11.4 Å². The summed E-state index contributed by atoms with van der Waals surface area (Å²) < 4.78 is 0. The molecule has 0 atom stereocenters. The predicted molar refractivity (Wildman–Crippen MR) is 93.5 cm³/mol. The molecule has 1 aliphatic rings. The molecule has 4 heteroatoms. The summed E-state index contributed by atoms with van der Waals surface area (Å²) in [6.45, 7) is 4.40. The molecule has 0 bridgehead atoms. The first kappa shape index (κ1) is 16.0. The zero-order chi connectivity index (χ0) is 16.1. The molecule has 0 aromatic heterocycles. The number of benzene rings is 2. The van der Waals surface area contributed by atoms with Crippen LogP contribution < -0.4 is 0 Å². The molecule has 1 amide bonds. The minimum atomic E-state index is 0.187. The van der Waals surface area contributed by atoms with Crippen molar-refractivity contribution in [3.63, 3.8) is 0 Å². The van der Waals surface area contributed by atoms with E-state index in [1.165, 1.54) is 5.56 Å². The van der Waals surface area contributed by atoms with Crippen LogP contribution in [0.25, 0.3) is 0 Å². The molecule has 1 saturated heterocycles. The maximum atomic E-state index is 12.4. The molecular weight excluding hydrogens is 308 g/mol. The van der Waals surface area contributed by atoms with Gasteiger partial charge in [-0.1, -0.05) is 54.1 Å². The molecule has 3 nitrogen and oxygen atoms in total. The van der Waals surface area contributed by atoms with Gasteiger partial charge in [0.25, 0.3) is 0 Å². The molecule has 0 aliphatic carbocycles. The second-order valence-electron chi connectivity index (χ2n) is 5.95. The highest BCUT2D eigenvalue weighted by Gasteiger charge is 2.21. The van der Waals surface area contributed by atoms with Crippen molar-refractivity contribution in [2.45, 2.75) is 13.0 Å². The molecule has 0 saturated carbocycles. The average Bonchev–Trinajstić information content (AvgIpc) is 2.56. The Morgan fingerprint density at radius 1 is 0.913 bits per heavy atom. The second-order valence-corrected chi connectivity index (χ2v) is 6.39. The Hall–Kier alpha value is -1.84. The van der Waals surface area contributed by atoms with E-state index in [-0.39, 0.29) is 5.91 Å². The Kier molecular flexibility index (Phi) is 5.31. The third kappa shape index (κ3) is 4.57. The van der Waals surface area contributed by atoms with Crippen LogP contribution in [0.5, 0.6) is 0 Å². The van der Waals surface area contributed by atoms with Crippen LogP contribution >= 0.6 is 11.6 Å². The molecule has 0 radical (unpaired) electrons. The van der Waals surface area contributed by atoms with E-state index in [0.717, 1.165) is 38.3 Å². The summed E-state index contributed by atoms with van der Waals surface area (Å²) in [6, 6.07) is 18.0. The maximum absolute atomic E-state index is 12.4. The molecule has 23 heavy (non-hydrogen) atoms. The van der Waals surface area contributed by atoms with Crippen molar-refractivity contribution >= 4 is 17.5 Å². The monoisotopic (exact) mass is 328 g/mol. The number of hydrogen-bond acceptors (Lipinski definition) is 2. The van der Waals surface area contributed by atoms with Crippen molar-refractivity contribution in [2.24, 2.45) is 0 Å². The zero-order valence-electron chi connectivity index (χ0n) is 13.1. The minimum absolute atomic E-state index is 0.187. The fourth-order valence-corrected chi connectivity index (χ4v) is 3.14. The quantitative estimate of drug-likeness (QED) is 0.860. The standard InChI is InChI=1S/C19H21ClN2O/c20-18-8-4-7-17(13-18)14-19(23)22-11-9-21(10-12-22)15-16-5-2-1-3-6-16/h1-8,13H,9-12,14-15H2.